The number of hydrogen-bond acceptors (Lipinski definition) is 6. The molecule has 27 heavy (non-hydrogen) atoms. The Kier molecular flexibility index (Phi) is 5.95. The normalized spacial score (nSPS) is 17.0. The van der Waals surface area contributed by atoms with Crippen LogP contribution in [0.1, 0.15) is 34.9 Å². The zero-order valence-electron chi connectivity index (χ0n) is 16.6. The Morgan fingerprint density at radius 1 is 1.15 bits per heavy atom. The second kappa shape index (κ2) is 7.90. The highest BCUT2D eigenvalue weighted by Gasteiger charge is 2.29. The second-order valence-corrected chi connectivity index (χ2v) is 10.7. The van der Waals surface area contributed by atoms with E-state index in [1.165, 1.54) is 9.18 Å². The van der Waals surface area contributed by atoms with E-state index in [1.54, 1.807) is 29.7 Å². The van der Waals surface area contributed by atoms with Crippen LogP contribution in [0.25, 0.3) is 10.7 Å². The summed E-state index contributed by atoms with van der Waals surface area (Å²) < 4.78 is 27.3. The number of piperidine rings is 1. The fraction of sp³-hybridized carbons (Fsp3) is 0.611. The molecule has 0 unspecified atom stereocenters. The first kappa shape index (κ1) is 20.3. The molecule has 148 valence electrons. The standard InChI is InChI=1S/C18H27N5O2S2/c1-12-10-16(18-20-13(2)14(3)26-18)21-17(19-12)11-15-6-8-23(9-7-15)27(24,25)22(4)5/h10,15H,6-9,11H2,1-5H3. The predicted octanol–water partition coefficient (Wildman–Crippen LogP) is 2.59. The molecular formula is C18H27N5O2S2. The van der Waals surface area contributed by atoms with Gasteiger partial charge in [-0.25, -0.2) is 15.0 Å². The summed E-state index contributed by atoms with van der Waals surface area (Å²) >= 11 is 1.66. The topological polar surface area (TPSA) is 79.3 Å². The summed E-state index contributed by atoms with van der Waals surface area (Å²) in [6.45, 7) is 7.17. The van der Waals surface area contributed by atoms with E-state index in [-0.39, 0.29) is 0 Å². The number of hydrogen-bond donors (Lipinski definition) is 0. The lowest BCUT2D eigenvalue weighted by Gasteiger charge is -2.32. The largest absolute Gasteiger partial charge is 0.281 e. The van der Waals surface area contributed by atoms with Gasteiger partial charge in [-0.05, 0) is 45.6 Å². The third-order valence-electron chi connectivity index (χ3n) is 4.98. The van der Waals surface area contributed by atoms with E-state index in [0.717, 1.165) is 47.2 Å². The maximum atomic E-state index is 12.2. The lowest BCUT2D eigenvalue weighted by Crippen LogP contribution is -2.44. The Balaban J connectivity index is 1.70. The SMILES string of the molecule is Cc1cc(-c2nc(C)c(C)s2)nc(CC2CCN(S(=O)(=O)N(C)C)CC2)n1. The van der Waals surface area contributed by atoms with Gasteiger partial charge in [0, 0.05) is 44.2 Å². The van der Waals surface area contributed by atoms with Crippen LogP contribution in [0.15, 0.2) is 6.07 Å². The molecule has 0 amide bonds. The maximum absolute atomic E-state index is 12.2. The lowest BCUT2D eigenvalue weighted by molar-refractivity contribution is 0.259. The van der Waals surface area contributed by atoms with Gasteiger partial charge in [0.1, 0.15) is 16.5 Å². The zero-order chi connectivity index (χ0) is 19.8. The van der Waals surface area contributed by atoms with E-state index in [0.29, 0.717) is 19.0 Å². The molecule has 1 saturated heterocycles. The van der Waals surface area contributed by atoms with Crippen molar-refractivity contribution in [3.8, 4) is 10.7 Å². The van der Waals surface area contributed by atoms with Gasteiger partial charge >= 0.3 is 0 Å². The smallest absolute Gasteiger partial charge is 0.239 e. The van der Waals surface area contributed by atoms with E-state index in [1.807, 2.05) is 19.9 Å². The molecular weight excluding hydrogens is 382 g/mol. The summed E-state index contributed by atoms with van der Waals surface area (Å²) in [4.78, 5) is 15.2. The summed E-state index contributed by atoms with van der Waals surface area (Å²) in [5, 5.41) is 0.934. The van der Waals surface area contributed by atoms with Crippen molar-refractivity contribution in [2.75, 3.05) is 27.2 Å². The van der Waals surface area contributed by atoms with Crippen molar-refractivity contribution >= 4 is 21.5 Å². The molecule has 0 bridgehead atoms. The van der Waals surface area contributed by atoms with E-state index in [2.05, 4.69) is 16.9 Å². The predicted molar refractivity (Wildman–Crippen MR) is 108 cm³/mol. The number of thiazole rings is 1. The van der Waals surface area contributed by atoms with Gasteiger partial charge in [-0.2, -0.15) is 17.0 Å². The van der Waals surface area contributed by atoms with Crippen molar-refractivity contribution in [1.82, 2.24) is 23.6 Å². The molecule has 2 aromatic rings. The van der Waals surface area contributed by atoms with Crippen LogP contribution >= 0.6 is 11.3 Å². The van der Waals surface area contributed by atoms with Gasteiger partial charge in [-0.3, -0.25) is 0 Å². The third kappa shape index (κ3) is 4.53. The molecule has 0 radical (unpaired) electrons. The van der Waals surface area contributed by atoms with Crippen LogP contribution < -0.4 is 0 Å². The number of nitrogens with zero attached hydrogens (tertiary/aromatic N) is 5. The highest BCUT2D eigenvalue weighted by molar-refractivity contribution is 7.86. The molecule has 1 aliphatic rings. The molecule has 2 aromatic heterocycles. The van der Waals surface area contributed by atoms with Crippen molar-refractivity contribution in [2.24, 2.45) is 5.92 Å². The molecule has 0 atom stereocenters. The van der Waals surface area contributed by atoms with Crippen LogP contribution in [-0.4, -0.2) is 59.2 Å². The fourth-order valence-corrected chi connectivity index (χ4v) is 5.26. The summed E-state index contributed by atoms with van der Waals surface area (Å²) in [5.41, 5.74) is 2.86. The van der Waals surface area contributed by atoms with Crippen LogP contribution in [0.2, 0.25) is 0 Å². The first-order chi connectivity index (χ1) is 12.7. The molecule has 1 aliphatic heterocycles. The molecule has 3 rings (SSSR count). The molecule has 0 aromatic carbocycles. The summed E-state index contributed by atoms with van der Waals surface area (Å²) in [5.74, 6) is 1.22. The Hall–Kier alpha value is -1.42. The third-order valence-corrected chi connectivity index (χ3v) is 8.02. The molecule has 0 spiro atoms. The summed E-state index contributed by atoms with van der Waals surface area (Å²) in [6, 6.07) is 1.98. The highest BCUT2D eigenvalue weighted by atomic mass is 32.2. The van der Waals surface area contributed by atoms with Crippen LogP contribution in [0.5, 0.6) is 0 Å². The van der Waals surface area contributed by atoms with E-state index in [9.17, 15) is 8.42 Å². The quantitative estimate of drug-likeness (QED) is 0.758. The van der Waals surface area contributed by atoms with Crippen molar-refractivity contribution < 1.29 is 8.42 Å². The lowest BCUT2D eigenvalue weighted by atomic mass is 9.94. The average Bonchev–Trinajstić information content (AvgIpc) is 2.94. The molecule has 9 heteroatoms. The molecule has 0 N–H and O–H groups in total. The van der Waals surface area contributed by atoms with Crippen LogP contribution in [0, 0.1) is 26.7 Å². The number of aromatic nitrogens is 3. The van der Waals surface area contributed by atoms with Gasteiger partial charge in [0.15, 0.2) is 0 Å². The molecule has 0 saturated carbocycles. The first-order valence-corrected chi connectivity index (χ1v) is 11.3. The monoisotopic (exact) mass is 409 g/mol. The minimum Gasteiger partial charge on any atom is -0.239 e. The maximum Gasteiger partial charge on any atom is 0.281 e. The van der Waals surface area contributed by atoms with E-state index < -0.39 is 10.2 Å². The Bertz CT molecular complexity index is 896. The Labute approximate surface area is 165 Å². The molecule has 7 nitrogen and oxygen atoms in total. The average molecular weight is 410 g/mol. The van der Waals surface area contributed by atoms with Gasteiger partial charge in [0.25, 0.3) is 10.2 Å². The first-order valence-electron chi connectivity index (χ1n) is 9.13. The van der Waals surface area contributed by atoms with E-state index >= 15 is 0 Å². The number of aryl methyl sites for hydroxylation is 3. The highest BCUT2D eigenvalue weighted by Crippen LogP contribution is 2.28. The van der Waals surface area contributed by atoms with Gasteiger partial charge in [-0.1, -0.05) is 0 Å². The van der Waals surface area contributed by atoms with Crippen molar-refractivity contribution in [2.45, 2.75) is 40.0 Å². The van der Waals surface area contributed by atoms with Crippen LogP contribution in [-0.2, 0) is 16.6 Å². The van der Waals surface area contributed by atoms with Gasteiger partial charge in [0.05, 0.1) is 5.69 Å². The Morgan fingerprint density at radius 2 is 1.81 bits per heavy atom. The van der Waals surface area contributed by atoms with Crippen molar-refractivity contribution in [3.05, 3.63) is 28.2 Å². The van der Waals surface area contributed by atoms with Gasteiger partial charge in [-0.15, -0.1) is 11.3 Å². The second-order valence-electron chi connectivity index (χ2n) is 7.31. The van der Waals surface area contributed by atoms with E-state index in [4.69, 9.17) is 4.98 Å². The summed E-state index contributed by atoms with van der Waals surface area (Å²) in [6.07, 6.45) is 2.43. The zero-order valence-corrected chi connectivity index (χ0v) is 18.2. The van der Waals surface area contributed by atoms with Crippen molar-refractivity contribution in [1.29, 1.82) is 0 Å². The Morgan fingerprint density at radius 3 is 2.37 bits per heavy atom. The molecule has 3 heterocycles. The van der Waals surface area contributed by atoms with Gasteiger partial charge < -0.3 is 0 Å². The van der Waals surface area contributed by atoms with Crippen LogP contribution in [0.3, 0.4) is 0 Å². The molecule has 0 aliphatic carbocycles. The fourth-order valence-electron chi connectivity index (χ4n) is 3.25. The summed E-state index contributed by atoms with van der Waals surface area (Å²) in [7, 11) is -0.169. The minimum absolute atomic E-state index is 0.396. The number of rotatable bonds is 5. The molecule has 1 fully saturated rings. The minimum atomic E-state index is -3.32. The van der Waals surface area contributed by atoms with Gasteiger partial charge in [0.2, 0.25) is 0 Å². The van der Waals surface area contributed by atoms with Crippen molar-refractivity contribution in [3.63, 3.8) is 0 Å². The van der Waals surface area contributed by atoms with Crippen LogP contribution in [0.4, 0.5) is 0 Å².